The number of ether oxygens (including phenoxy) is 2. The molecule has 2 N–H and O–H groups in total. The Morgan fingerprint density at radius 3 is 2.71 bits per heavy atom. The van der Waals surface area contributed by atoms with Crippen LogP contribution < -0.4 is 20.1 Å². The number of hydrogen-bond donors (Lipinski definition) is 2. The zero-order valence-electron chi connectivity index (χ0n) is 13.2. The van der Waals surface area contributed by atoms with Gasteiger partial charge in [-0.2, -0.15) is 0 Å². The lowest BCUT2D eigenvalue weighted by molar-refractivity contribution is 0.102. The van der Waals surface area contributed by atoms with Gasteiger partial charge < -0.3 is 20.1 Å². The van der Waals surface area contributed by atoms with Gasteiger partial charge in [0.15, 0.2) is 11.5 Å². The van der Waals surface area contributed by atoms with E-state index in [9.17, 15) is 4.79 Å². The summed E-state index contributed by atoms with van der Waals surface area (Å²) in [4.78, 5) is 16.6. The first-order valence-electron chi connectivity index (χ1n) is 8.21. The summed E-state index contributed by atoms with van der Waals surface area (Å²) in [5, 5.41) is 6.27. The standard InChI is InChI=1S/C18H19N3O3/c22-18(12-5-7-15-16(9-12)24-11-23-15)21-17-8-6-14(10-19-17)20-13-3-1-2-4-13/h5-10,13,20H,1-4,11H2,(H,19,21,22). The van der Waals surface area contributed by atoms with E-state index < -0.39 is 0 Å². The fraction of sp³-hybridized carbons (Fsp3) is 0.333. The number of nitrogens with one attached hydrogen (secondary N) is 2. The lowest BCUT2D eigenvalue weighted by atomic mass is 10.2. The van der Waals surface area contributed by atoms with Gasteiger partial charge >= 0.3 is 0 Å². The number of carbonyl (C=O) groups is 1. The van der Waals surface area contributed by atoms with Crippen LogP contribution in [0.1, 0.15) is 36.0 Å². The van der Waals surface area contributed by atoms with Crippen molar-refractivity contribution in [3.63, 3.8) is 0 Å². The maximum absolute atomic E-state index is 12.3. The van der Waals surface area contributed by atoms with Crippen LogP contribution in [0.3, 0.4) is 0 Å². The van der Waals surface area contributed by atoms with Crippen LogP contribution >= 0.6 is 0 Å². The van der Waals surface area contributed by atoms with Crippen molar-refractivity contribution in [2.24, 2.45) is 0 Å². The average molecular weight is 325 g/mol. The van der Waals surface area contributed by atoms with Crippen LogP contribution in [-0.4, -0.2) is 23.7 Å². The highest BCUT2D eigenvalue weighted by Crippen LogP contribution is 2.32. The first-order valence-corrected chi connectivity index (χ1v) is 8.21. The molecule has 0 bridgehead atoms. The SMILES string of the molecule is O=C(Nc1ccc(NC2CCCC2)cn1)c1ccc2c(c1)OCO2. The lowest BCUT2D eigenvalue weighted by Gasteiger charge is -2.13. The number of anilines is 2. The van der Waals surface area contributed by atoms with E-state index in [4.69, 9.17) is 9.47 Å². The number of rotatable bonds is 4. The number of benzene rings is 1. The molecule has 24 heavy (non-hydrogen) atoms. The number of amides is 1. The summed E-state index contributed by atoms with van der Waals surface area (Å²) in [6.07, 6.45) is 6.75. The van der Waals surface area contributed by atoms with Gasteiger partial charge in [0, 0.05) is 11.6 Å². The van der Waals surface area contributed by atoms with Crippen LogP contribution in [0.25, 0.3) is 0 Å². The highest BCUT2D eigenvalue weighted by atomic mass is 16.7. The maximum Gasteiger partial charge on any atom is 0.256 e. The maximum atomic E-state index is 12.3. The molecular formula is C18H19N3O3. The van der Waals surface area contributed by atoms with Gasteiger partial charge in [0.25, 0.3) is 5.91 Å². The fourth-order valence-corrected chi connectivity index (χ4v) is 3.09. The van der Waals surface area contributed by atoms with Gasteiger partial charge in [0.2, 0.25) is 6.79 Å². The second kappa shape index (κ2) is 6.39. The molecule has 2 aromatic rings. The van der Waals surface area contributed by atoms with Crippen molar-refractivity contribution in [2.75, 3.05) is 17.4 Å². The van der Waals surface area contributed by atoms with Crippen molar-refractivity contribution in [3.8, 4) is 11.5 Å². The Morgan fingerprint density at radius 2 is 1.92 bits per heavy atom. The smallest absolute Gasteiger partial charge is 0.256 e. The third-order valence-electron chi connectivity index (χ3n) is 4.37. The Balaban J connectivity index is 1.40. The molecule has 0 saturated heterocycles. The molecule has 1 fully saturated rings. The van der Waals surface area contributed by atoms with E-state index in [0.29, 0.717) is 28.9 Å². The summed E-state index contributed by atoms with van der Waals surface area (Å²) in [6.45, 7) is 0.192. The summed E-state index contributed by atoms with van der Waals surface area (Å²) in [5.74, 6) is 1.55. The Hall–Kier alpha value is -2.76. The van der Waals surface area contributed by atoms with Crippen molar-refractivity contribution in [1.82, 2.24) is 4.98 Å². The monoisotopic (exact) mass is 325 g/mol. The predicted molar refractivity (Wildman–Crippen MR) is 90.6 cm³/mol. The number of nitrogens with zero attached hydrogens (tertiary/aromatic N) is 1. The largest absolute Gasteiger partial charge is 0.454 e. The predicted octanol–water partition coefficient (Wildman–Crippen LogP) is 3.42. The van der Waals surface area contributed by atoms with Gasteiger partial charge in [-0.05, 0) is 43.2 Å². The zero-order valence-corrected chi connectivity index (χ0v) is 13.2. The minimum absolute atomic E-state index is 0.192. The van der Waals surface area contributed by atoms with Crippen LogP contribution in [0.4, 0.5) is 11.5 Å². The number of fused-ring (bicyclic) bond motifs is 1. The number of pyridine rings is 1. The molecule has 0 unspecified atom stereocenters. The van der Waals surface area contributed by atoms with Crippen molar-refractivity contribution in [3.05, 3.63) is 42.1 Å². The number of hydrogen-bond acceptors (Lipinski definition) is 5. The Kier molecular flexibility index (Phi) is 3.94. The molecule has 2 aliphatic rings. The second-order valence-corrected chi connectivity index (χ2v) is 6.08. The molecule has 4 rings (SSSR count). The molecule has 0 atom stereocenters. The Bertz CT molecular complexity index is 740. The third kappa shape index (κ3) is 3.13. The zero-order chi connectivity index (χ0) is 16.4. The van der Waals surface area contributed by atoms with Gasteiger partial charge in [-0.1, -0.05) is 12.8 Å². The van der Waals surface area contributed by atoms with Gasteiger partial charge in [0.1, 0.15) is 5.82 Å². The van der Waals surface area contributed by atoms with E-state index in [-0.39, 0.29) is 12.7 Å². The quantitative estimate of drug-likeness (QED) is 0.901. The Labute approximate surface area is 140 Å². The lowest BCUT2D eigenvalue weighted by Crippen LogP contribution is -2.15. The average Bonchev–Trinajstić information content (AvgIpc) is 3.27. The molecule has 6 nitrogen and oxygen atoms in total. The van der Waals surface area contributed by atoms with Crippen LogP contribution in [0.2, 0.25) is 0 Å². The van der Waals surface area contributed by atoms with Crippen molar-refractivity contribution in [2.45, 2.75) is 31.7 Å². The second-order valence-electron chi connectivity index (χ2n) is 6.08. The van der Waals surface area contributed by atoms with Crippen molar-refractivity contribution >= 4 is 17.4 Å². The molecule has 124 valence electrons. The number of carbonyl (C=O) groups excluding carboxylic acids is 1. The van der Waals surface area contributed by atoms with Crippen LogP contribution in [0.5, 0.6) is 11.5 Å². The summed E-state index contributed by atoms with van der Waals surface area (Å²) >= 11 is 0. The van der Waals surface area contributed by atoms with Crippen LogP contribution in [-0.2, 0) is 0 Å². The van der Waals surface area contributed by atoms with E-state index in [2.05, 4.69) is 15.6 Å². The highest BCUT2D eigenvalue weighted by molar-refractivity contribution is 6.04. The highest BCUT2D eigenvalue weighted by Gasteiger charge is 2.17. The summed E-state index contributed by atoms with van der Waals surface area (Å²) in [7, 11) is 0. The molecule has 2 heterocycles. The minimum atomic E-state index is -0.225. The van der Waals surface area contributed by atoms with Crippen molar-refractivity contribution < 1.29 is 14.3 Å². The normalized spacial score (nSPS) is 16.2. The van der Waals surface area contributed by atoms with Gasteiger partial charge in [-0.15, -0.1) is 0 Å². The molecule has 6 heteroatoms. The van der Waals surface area contributed by atoms with Gasteiger partial charge in [-0.25, -0.2) is 4.98 Å². The summed E-state index contributed by atoms with van der Waals surface area (Å²) in [5.41, 5.74) is 1.50. The van der Waals surface area contributed by atoms with E-state index in [0.717, 1.165) is 5.69 Å². The van der Waals surface area contributed by atoms with E-state index in [1.807, 2.05) is 12.1 Å². The first kappa shape index (κ1) is 14.8. The van der Waals surface area contributed by atoms with Crippen LogP contribution in [0, 0.1) is 0 Å². The molecule has 1 aromatic carbocycles. The molecule has 0 radical (unpaired) electrons. The van der Waals surface area contributed by atoms with E-state index in [1.54, 1.807) is 24.4 Å². The topological polar surface area (TPSA) is 72.5 Å². The van der Waals surface area contributed by atoms with Gasteiger partial charge in [-0.3, -0.25) is 4.79 Å². The summed E-state index contributed by atoms with van der Waals surface area (Å²) < 4.78 is 10.5. The fourth-order valence-electron chi connectivity index (χ4n) is 3.09. The van der Waals surface area contributed by atoms with E-state index in [1.165, 1.54) is 25.7 Å². The van der Waals surface area contributed by atoms with Crippen LogP contribution in [0.15, 0.2) is 36.5 Å². The van der Waals surface area contributed by atoms with Gasteiger partial charge in [0.05, 0.1) is 11.9 Å². The molecule has 1 saturated carbocycles. The molecule has 1 amide bonds. The third-order valence-corrected chi connectivity index (χ3v) is 4.37. The summed E-state index contributed by atoms with van der Waals surface area (Å²) in [6, 6.07) is 9.41. The first-order chi connectivity index (χ1) is 11.8. The van der Waals surface area contributed by atoms with E-state index >= 15 is 0 Å². The minimum Gasteiger partial charge on any atom is -0.454 e. The molecule has 1 aromatic heterocycles. The molecule has 0 spiro atoms. The molecular weight excluding hydrogens is 306 g/mol. The van der Waals surface area contributed by atoms with Crippen molar-refractivity contribution in [1.29, 1.82) is 0 Å². The molecule has 1 aliphatic carbocycles. The number of aromatic nitrogens is 1. The molecule has 1 aliphatic heterocycles. The Morgan fingerprint density at radius 1 is 1.08 bits per heavy atom.